The molecule has 35 heavy (non-hydrogen) atoms. The van der Waals surface area contributed by atoms with Crippen LogP contribution < -0.4 is 20.4 Å². The summed E-state index contributed by atoms with van der Waals surface area (Å²) in [6.07, 6.45) is 0. The molecule has 1 aliphatic heterocycles. The molecule has 0 saturated heterocycles. The highest BCUT2D eigenvalue weighted by Gasteiger charge is 2.40. The van der Waals surface area contributed by atoms with Gasteiger partial charge in [0.2, 0.25) is 5.91 Å². The number of carbonyl (C=O) groups excluding carboxylic acids is 3. The summed E-state index contributed by atoms with van der Waals surface area (Å²) in [5, 5.41) is 5.90. The Labute approximate surface area is 205 Å². The molecule has 7 heteroatoms. The second kappa shape index (κ2) is 9.46. The first-order chi connectivity index (χ1) is 16.7. The number of amides is 3. The van der Waals surface area contributed by atoms with Crippen molar-refractivity contribution in [1.82, 2.24) is 0 Å². The second-order valence-corrected chi connectivity index (χ2v) is 8.79. The van der Waals surface area contributed by atoms with E-state index >= 15 is 0 Å². The van der Waals surface area contributed by atoms with E-state index in [0.717, 1.165) is 16.8 Å². The van der Waals surface area contributed by atoms with Gasteiger partial charge >= 0.3 is 0 Å². The van der Waals surface area contributed by atoms with Crippen molar-refractivity contribution < 1.29 is 14.4 Å². The molecule has 3 amide bonds. The van der Waals surface area contributed by atoms with E-state index in [-0.39, 0.29) is 17.2 Å². The van der Waals surface area contributed by atoms with Crippen molar-refractivity contribution in [3.63, 3.8) is 0 Å². The molecule has 3 aromatic rings. The number of nitrogens with one attached hydrogen (secondary N) is 2. The monoisotopic (exact) mass is 468 g/mol. The van der Waals surface area contributed by atoms with Crippen LogP contribution in [-0.4, -0.2) is 31.8 Å². The zero-order chi connectivity index (χ0) is 25.3. The molecule has 0 fully saturated rings. The van der Waals surface area contributed by atoms with Crippen molar-refractivity contribution in [2.75, 3.05) is 34.5 Å². The number of nitrogens with zero attached hydrogens (tertiary/aromatic N) is 2. The van der Waals surface area contributed by atoms with Crippen LogP contribution in [0, 0.1) is 13.8 Å². The largest absolute Gasteiger partial charge is 0.378 e. The molecule has 1 aliphatic rings. The smallest absolute Gasteiger partial charge is 0.282 e. The van der Waals surface area contributed by atoms with Crippen molar-refractivity contribution in [3.05, 3.63) is 89.1 Å². The van der Waals surface area contributed by atoms with Crippen LogP contribution in [0.3, 0.4) is 0 Å². The quantitative estimate of drug-likeness (QED) is 0.512. The van der Waals surface area contributed by atoms with Gasteiger partial charge in [-0.15, -0.1) is 0 Å². The summed E-state index contributed by atoms with van der Waals surface area (Å²) in [7, 11) is 3.91. The second-order valence-electron chi connectivity index (χ2n) is 8.79. The van der Waals surface area contributed by atoms with Gasteiger partial charge in [-0.1, -0.05) is 18.2 Å². The van der Waals surface area contributed by atoms with Crippen LogP contribution >= 0.6 is 0 Å². The summed E-state index contributed by atoms with van der Waals surface area (Å²) < 4.78 is 0. The van der Waals surface area contributed by atoms with E-state index < -0.39 is 11.8 Å². The van der Waals surface area contributed by atoms with Gasteiger partial charge in [-0.2, -0.15) is 0 Å². The van der Waals surface area contributed by atoms with Gasteiger partial charge in [0, 0.05) is 38.1 Å². The third kappa shape index (κ3) is 4.80. The summed E-state index contributed by atoms with van der Waals surface area (Å²) in [6, 6.07) is 20.0. The van der Waals surface area contributed by atoms with Crippen LogP contribution in [0.4, 0.5) is 22.7 Å². The molecule has 0 aliphatic carbocycles. The van der Waals surface area contributed by atoms with Gasteiger partial charge in [0.15, 0.2) is 0 Å². The van der Waals surface area contributed by atoms with Gasteiger partial charge in [0.05, 0.1) is 11.3 Å². The first-order valence-electron chi connectivity index (χ1n) is 11.3. The first kappa shape index (κ1) is 23.8. The molecule has 0 atom stereocenters. The molecule has 0 aromatic heterocycles. The van der Waals surface area contributed by atoms with Crippen LogP contribution in [-0.2, 0) is 14.4 Å². The van der Waals surface area contributed by atoms with Crippen LogP contribution in [0.5, 0.6) is 0 Å². The fourth-order valence-corrected chi connectivity index (χ4v) is 3.92. The topological polar surface area (TPSA) is 81.8 Å². The number of hydrogen-bond acceptors (Lipinski definition) is 5. The Bertz CT molecular complexity index is 1340. The number of imide groups is 1. The Hall–Kier alpha value is -4.39. The highest BCUT2D eigenvalue weighted by Crippen LogP contribution is 2.35. The Morgan fingerprint density at radius 2 is 1.43 bits per heavy atom. The van der Waals surface area contributed by atoms with Gasteiger partial charge in [-0.3, -0.25) is 14.4 Å². The minimum atomic E-state index is -0.420. The molecule has 7 nitrogen and oxygen atoms in total. The fourth-order valence-electron chi connectivity index (χ4n) is 3.92. The third-order valence-corrected chi connectivity index (χ3v) is 5.98. The molecule has 0 unspecified atom stereocenters. The van der Waals surface area contributed by atoms with E-state index in [4.69, 9.17) is 0 Å². The Balaban J connectivity index is 1.77. The molecule has 0 spiro atoms. The van der Waals surface area contributed by atoms with Crippen molar-refractivity contribution in [1.29, 1.82) is 0 Å². The first-order valence-corrected chi connectivity index (χ1v) is 11.3. The summed E-state index contributed by atoms with van der Waals surface area (Å²) in [4.78, 5) is 41.8. The van der Waals surface area contributed by atoms with Crippen LogP contribution in [0.1, 0.15) is 23.6 Å². The Kier molecular flexibility index (Phi) is 6.42. The number of rotatable bonds is 6. The summed E-state index contributed by atoms with van der Waals surface area (Å²) in [6.45, 7) is 5.36. The molecular formula is C28H28N4O3. The Morgan fingerprint density at radius 3 is 2.00 bits per heavy atom. The van der Waals surface area contributed by atoms with Crippen molar-refractivity contribution in [2.24, 2.45) is 0 Å². The summed E-state index contributed by atoms with van der Waals surface area (Å²) in [5.41, 5.74) is 5.98. The number of aryl methyl sites for hydroxylation is 2. The van der Waals surface area contributed by atoms with Gasteiger partial charge in [0.25, 0.3) is 11.8 Å². The van der Waals surface area contributed by atoms with E-state index in [1.165, 1.54) is 11.8 Å². The van der Waals surface area contributed by atoms with Crippen molar-refractivity contribution >= 4 is 46.0 Å². The van der Waals surface area contributed by atoms with Crippen molar-refractivity contribution in [3.8, 4) is 0 Å². The molecule has 178 valence electrons. The molecular weight excluding hydrogens is 440 g/mol. The fraction of sp³-hybridized carbons (Fsp3) is 0.179. The predicted octanol–water partition coefficient (Wildman–Crippen LogP) is 4.72. The molecule has 2 N–H and O–H groups in total. The number of anilines is 4. The maximum Gasteiger partial charge on any atom is 0.282 e. The Morgan fingerprint density at radius 1 is 0.800 bits per heavy atom. The number of hydrogen-bond donors (Lipinski definition) is 2. The summed E-state index contributed by atoms with van der Waals surface area (Å²) >= 11 is 0. The minimum absolute atomic E-state index is 0.187. The van der Waals surface area contributed by atoms with Crippen LogP contribution in [0.2, 0.25) is 0 Å². The van der Waals surface area contributed by atoms with Gasteiger partial charge < -0.3 is 15.5 Å². The number of carbonyl (C=O) groups is 3. The zero-order valence-electron chi connectivity index (χ0n) is 20.5. The maximum atomic E-state index is 13.7. The predicted molar refractivity (Wildman–Crippen MR) is 140 cm³/mol. The molecule has 0 radical (unpaired) electrons. The van der Waals surface area contributed by atoms with Gasteiger partial charge in [-0.05, 0) is 79.1 Å². The average Bonchev–Trinajstić information content (AvgIpc) is 3.05. The molecule has 4 rings (SSSR count). The lowest BCUT2D eigenvalue weighted by molar-refractivity contribution is -0.120. The normalized spacial score (nSPS) is 13.3. The maximum absolute atomic E-state index is 13.7. The molecule has 1 heterocycles. The lowest BCUT2D eigenvalue weighted by atomic mass is 10.0. The third-order valence-electron chi connectivity index (χ3n) is 5.98. The van der Waals surface area contributed by atoms with E-state index in [1.54, 1.807) is 30.3 Å². The average molecular weight is 469 g/mol. The standard InChI is InChI=1S/C28H28N4O3/c1-17-6-13-24(16-18(17)2)32-27(34)25(20-7-9-21(10-8-20)29-19(3)33)26(28(32)35)30-22-11-14-23(15-12-22)31(4)5/h6-16,30H,1-5H3,(H,29,33). The lowest BCUT2D eigenvalue weighted by Gasteiger charge is -2.17. The molecule has 0 bridgehead atoms. The van der Waals surface area contributed by atoms with Crippen LogP contribution in [0.15, 0.2) is 72.4 Å². The van der Waals surface area contributed by atoms with E-state index in [9.17, 15) is 14.4 Å². The van der Waals surface area contributed by atoms with E-state index in [2.05, 4.69) is 10.6 Å². The summed E-state index contributed by atoms with van der Waals surface area (Å²) in [5.74, 6) is -1.01. The SMILES string of the molecule is CC(=O)Nc1ccc(C2=C(Nc3ccc(N(C)C)cc3)C(=O)N(c3ccc(C)c(C)c3)C2=O)cc1. The van der Waals surface area contributed by atoms with E-state index in [0.29, 0.717) is 22.6 Å². The van der Waals surface area contributed by atoms with E-state index in [1.807, 2.05) is 69.2 Å². The van der Waals surface area contributed by atoms with Crippen LogP contribution in [0.25, 0.3) is 5.57 Å². The number of benzene rings is 3. The minimum Gasteiger partial charge on any atom is -0.378 e. The highest BCUT2D eigenvalue weighted by molar-refractivity contribution is 6.46. The lowest BCUT2D eigenvalue weighted by Crippen LogP contribution is -2.32. The zero-order valence-corrected chi connectivity index (χ0v) is 20.5. The van der Waals surface area contributed by atoms with Crippen molar-refractivity contribution in [2.45, 2.75) is 20.8 Å². The molecule has 0 saturated carbocycles. The molecule has 3 aromatic carbocycles. The highest BCUT2D eigenvalue weighted by atomic mass is 16.2. The van der Waals surface area contributed by atoms with Gasteiger partial charge in [-0.25, -0.2) is 4.90 Å². The van der Waals surface area contributed by atoms with Gasteiger partial charge in [0.1, 0.15) is 5.70 Å².